The van der Waals surface area contributed by atoms with Crippen LogP contribution in [0.4, 0.5) is 10.1 Å². The number of hydrogen-bond acceptors (Lipinski definition) is 4. The van der Waals surface area contributed by atoms with E-state index in [1.165, 1.54) is 24.3 Å². The van der Waals surface area contributed by atoms with Crippen molar-refractivity contribution in [3.63, 3.8) is 0 Å². The molecule has 0 aliphatic rings. The van der Waals surface area contributed by atoms with Crippen molar-refractivity contribution in [3.05, 3.63) is 95.3 Å². The second-order valence-electron chi connectivity index (χ2n) is 7.41. The summed E-state index contributed by atoms with van der Waals surface area (Å²) in [5.74, 6) is -0.981. The molecule has 0 aliphatic heterocycles. The van der Waals surface area contributed by atoms with Crippen LogP contribution in [0.3, 0.4) is 0 Å². The number of sulfonamides is 1. The number of aryl methyl sites for hydroxylation is 2. The van der Waals surface area contributed by atoms with Gasteiger partial charge >= 0.3 is 0 Å². The van der Waals surface area contributed by atoms with E-state index in [0.29, 0.717) is 17.0 Å². The van der Waals surface area contributed by atoms with Gasteiger partial charge in [-0.25, -0.2) is 18.2 Å². The summed E-state index contributed by atoms with van der Waals surface area (Å²) in [6.45, 7) is 4.93. The lowest BCUT2D eigenvalue weighted by atomic mass is 10.1. The normalized spacial score (nSPS) is 11.8. The molecular weight excluding hydrogens is 429 g/mol. The molecule has 0 spiro atoms. The maximum Gasteiger partial charge on any atom is 0.264 e. The maximum atomic E-state index is 13.4. The number of rotatable bonds is 7. The number of carbonyl (C=O) groups is 1. The molecule has 0 atom stereocenters. The molecule has 0 bridgehead atoms. The van der Waals surface area contributed by atoms with Gasteiger partial charge in [0.2, 0.25) is 0 Å². The molecule has 8 heteroatoms. The van der Waals surface area contributed by atoms with Crippen LogP contribution in [0.25, 0.3) is 0 Å². The van der Waals surface area contributed by atoms with Crippen molar-refractivity contribution in [2.45, 2.75) is 25.7 Å². The third-order valence-corrected chi connectivity index (χ3v) is 6.51. The standard InChI is InChI=1S/C24H24FN3O3S/c1-17-13-18(2)15-22(14-17)28(32(30,31)23-7-5-4-6-8-23)16-24(29)27-26-19(3)20-9-11-21(25)12-10-20/h4-15H,16H2,1-3H3,(H,27,29)/b26-19-. The van der Waals surface area contributed by atoms with Gasteiger partial charge in [0.05, 0.1) is 16.3 Å². The lowest BCUT2D eigenvalue weighted by molar-refractivity contribution is -0.119. The summed E-state index contributed by atoms with van der Waals surface area (Å²) >= 11 is 0. The number of carbonyl (C=O) groups excluding carboxylic acids is 1. The van der Waals surface area contributed by atoms with Crippen molar-refractivity contribution in [3.8, 4) is 0 Å². The Bertz CT molecular complexity index is 1220. The Morgan fingerprint density at radius 2 is 1.56 bits per heavy atom. The fraction of sp³-hybridized carbons (Fsp3) is 0.167. The molecule has 3 aromatic carbocycles. The van der Waals surface area contributed by atoms with Crippen molar-refractivity contribution in [2.24, 2.45) is 5.10 Å². The number of amides is 1. The number of halogens is 1. The van der Waals surface area contributed by atoms with E-state index in [1.54, 1.807) is 49.4 Å². The number of nitrogens with zero attached hydrogens (tertiary/aromatic N) is 2. The second kappa shape index (κ2) is 9.74. The molecule has 0 unspecified atom stereocenters. The van der Waals surface area contributed by atoms with E-state index in [0.717, 1.165) is 15.4 Å². The van der Waals surface area contributed by atoms with E-state index in [4.69, 9.17) is 0 Å². The molecule has 166 valence electrons. The molecule has 0 fully saturated rings. The first-order valence-electron chi connectivity index (χ1n) is 9.92. The highest BCUT2D eigenvalue weighted by molar-refractivity contribution is 7.92. The second-order valence-corrected chi connectivity index (χ2v) is 9.27. The molecule has 0 aromatic heterocycles. The van der Waals surface area contributed by atoms with Gasteiger partial charge in [0, 0.05) is 0 Å². The molecule has 0 aliphatic carbocycles. The molecule has 3 aromatic rings. The number of hydrazone groups is 1. The zero-order valence-corrected chi connectivity index (χ0v) is 18.9. The summed E-state index contributed by atoms with van der Waals surface area (Å²) in [4.78, 5) is 12.8. The number of benzene rings is 3. The average Bonchev–Trinajstić information content (AvgIpc) is 2.76. The van der Waals surface area contributed by atoms with E-state index in [-0.39, 0.29) is 10.7 Å². The van der Waals surface area contributed by atoms with Gasteiger partial charge in [0.25, 0.3) is 15.9 Å². The van der Waals surface area contributed by atoms with Crippen molar-refractivity contribution < 1.29 is 17.6 Å². The van der Waals surface area contributed by atoms with Crippen LogP contribution in [-0.2, 0) is 14.8 Å². The molecule has 32 heavy (non-hydrogen) atoms. The largest absolute Gasteiger partial charge is 0.271 e. The minimum Gasteiger partial charge on any atom is -0.271 e. The van der Waals surface area contributed by atoms with Gasteiger partial charge in [-0.1, -0.05) is 36.4 Å². The van der Waals surface area contributed by atoms with Gasteiger partial charge in [0.1, 0.15) is 12.4 Å². The number of anilines is 1. The summed E-state index contributed by atoms with van der Waals surface area (Å²) in [7, 11) is -4.00. The van der Waals surface area contributed by atoms with Gasteiger partial charge in [-0.05, 0) is 73.9 Å². The minimum absolute atomic E-state index is 0.0814. The molecule has 1 N–H and O–H groups in total. The zero-order chi connectivity index (χ0) is 23.3. The molecule has 0 heterocycles. The van der Waals surface area contributed by atoms with Crippen molar-refractivity contribution in [1.82, 2.24) is 5.43 Å². The molecule has 0 saturated carbocycles. The summed E-state index contributed by atoms with van der Waals surface area (Å²) < 4.78 is 40.9. The van der Waals surface area contributed by atoms with Crippen LogP contribution < -0.4 is 9.73 Å². The van der Waals surface area contributed by atoms with E-state index in [1.807, 2.05) is 19.9 Å². The van der Waals surface area contributed by atoms with Crippen LogP contribution in [-0.4, -0.2) is 26.6 Å². The molecule has 0 radical (unpaired) electrons. The topological polar surface area (TPSA) is 78.8 Å². The first-order chi connectivity index (χ1) is 15.2. The molecule has 3 rings (SSSR count). The summed E-state index contributed by atoms with van der Waals surface area (Å²) in [5, 5.41) is 4.03. The van der Waals surface area contributed by atoms with Crippen LogP contribution in [0.15, 0.2) is 82.8 Å². The first-order valence-corrected chi connectivity index (χ1v) is 11.4. The average molecular weight is 454 g/mol. The smallest absolute Gasteiger partial charge is 0.264 e. The molecule has 1 amide bonds. The highest BCUT2D eigenvalue weighted by Crippen LogP contribution is 2.25. The minimum atomic E-state index is -4.00. The van der Waals surface area contributed by atoms with E-state index in [2.05, 4.69) is 10.5 Å². The van der Waals surface area contributed by atoms with Crippen molar-refractivity contribution >= 4 is 27.3 Å². The molecule has 6 nitrogen and oxygen atoms in total. The highest BCUT2D eigenvalue weighted by Gasteiger charge is 2.27. The van der Waals surface area contributed by atoms with Gasteiger partial charge in [-0.3, -0.25) is 9.10 Å². The third kappa shape index (κ3) is 5.59. The molecular formula is C24H24FN3O3S. The van der Waals surface area contributed by atoms with E-state index < -0.39 is 22.5 Å². The Morgan fingerprint density at radius 3 is 2.16 bits per heavy atom. The fourth-order valence-corrected chi connectivity index (χ4v) is 4.62. The van der Waals surface area contributed by atoms with Gasteiger partial charge in [0.15, 0.2) is 0 Å². The van der Waals surface area contributed by atoms with Gasteiger partial charge in [-0.15, -0.1) is 0 Å². The summed E-state index contributed by atoms with van der Waals surface area (Å²) in [5.41, 5.74) is 5.63. The number of hydrogen-bond donors (Lipinski definition) is 1. The quantitative estimate of drug-likeness (QED) is 0.431. The van der Waals surface area contributed by atoms with E-state index >= 15 is 0 Å². The van der Waals surface area contributed by atoms with Crippen LogP contribution in [0, 0.1) is 19.7 Å². The van der Waals surface area contributed by atoms with E-state index in [9.17, 15) is 17.6 Å². The highest BCUT2D eigenvalue weighted by atomic mass is 32.2. The van der Waals surface area contributed by atoms with Crippen LogP contribution in [0.5, 0.6) is 0 Å². The Morgan fingerprint density at radius 1 is 0.969 bits per heavy atom. The number of nitrogens with one attached hydrogen (secondary N) is 1. The Labute approximate surface area is 187 Å². The monoisotopic (exact) mass is 453 g/mol. The van der Waals surface area contributed by atoms with Crippen LogP contribution in [0.2, 0.25) is 0 Å². The predicted molar refractivity (Wildman–Crippen MR) is 124 cm³/mol. The van der Waals surface area contributed by atoms with Crippen molar-refractivity contribution in [2.75, 3.05) is 10.8 Å². The summed E-state index contributed by atoms with van der Waals surface area (Å²) in [6, 6.07) is 19.0. The zero-order valence-electron chi connectivity index (χ0n) is 18.0. The first kappa shape index (κ1) is 23.1. The molecule has 0 saturated heterocycles. The Hall–Kier alpha value is -3.52. The van der Waals surface area contributed by atoms with Crippen molar-refractivity contribution in [1.29, 1.82) is 0 Å². The Balaban J connectivity index is 1.89. The van der Waals surface area contributed by atoms with Gasteiger partial charge < -0.3 is 0 Å². The lowest BCUT2D eigenvalue weighted by Crippen LogP contribution is -2.39. The third-order valence-electron chi connectivity index (χ3n) is 4.72. The Kier molecular flexibility index (Phi) is 7.05. The summed E-state index contributed by atoms with van der Waals surface area (Å²) in [6.07, 6.45) is 0. The van der Waals surface area contributed by atoms with Crippen LogP contribution in [0.1, 0.15) is 23.6 Å². The lowest BCUT2D eigenvalue weighted by Gasteiger charge is -2.24. The predicted octanol–water partition coefficient (Wildman–Crippen LogP) is 4.18. The maximum absolute atomic E-state index is 13.4. The SMILES string of the molecule is C/C(=N/NC(=O)CN(c1cc(C)cc(C)c1)S(=O)(=O)c1ccccc1)c1ccc(F)cc1. The fourth-order valence-electron chi connectivity index (χ4n) is 3.20. The van der Waals surface area contributed by atoms with Crippen LogP contribution >= 0.6 is 0 Å². The van der Waals surface area contributed by atoms with Gasteiger partial charge in [-0.2, -0.15) is 5.10 Å².